The van der Waals surface area contributed by atoms with Gasteiger partial charge in [-0.25, -0.2) is 0 Å². The Kier molecular flexibility index (Phi) is 2.20. The second-order valence-electron chi connectivity index (χ2n) is 5.95. The van der Waals surface area contributed by atoms with E-state index in [1.165, 1.54) is 15.6 Å². The highest BCUT2D eigenvalue weighted by Gasteiger charge is 2.48. The monoisotopic (exact) mass is 302 g/mol. The molecule has 0 saturated carbocycles. The minimum Gasteiger partial charge on any atom is -0.457 e. The van der Waals surface area contributed by atoms with E-state index in [1.54, 1.807) is 0 Å². The number of hydrogen-bond donors (Lipinski definition) is 0. The molecule has 0 unspecified atom stereocenters. The van der Waals surface area contributed by atoms with Crippen LogP contribution in [0.3, 0.4) is 0 Å². The van der Waals surface area contributed by atoms with Crippen LogP contribution in [0.25, 0.3) is 0 Å². The molecule has 0 aliphatic carbocycles. The fraction of sp³-hybridized carbons (Fsp3) is 0.0526. The van der Waals surface area contributed by atoms with E-state index >= 15 is 0 Å². The molecule has 2 nitrogen and oxygen atoms in total. The average molecular weight is 302 g/mol. The van der Waals surface area contributed by atoms with E-state index in [9.17, 15) is 0 Å². The Bertz CT molecular complexity index is 849. The van der Waals surface area contributed by atoms with Gasteiger partial charge in [-0.2, -0.15) is 0 Å². The molecule has 5 rings (SSSR count). The standard InChI is InChI=1S/C19H14O2Si/c1-22-17-11-4-2-7-13(17)20-15-9-6-10-16(19(15)22)21-14-8-3-5-12-18(14)22/h2-12H,1H3. The van der Waals surface area contributed by atoms with Crippen molar-refractivity contribution in [1.82, 2.24) is 0 Å². The van der Waals surface area contributed by atoms with Crippen molar-refractivity contribution >= 4 is 23.6 Å². The van der Waals surface area contributed by atoms with E-state index in [-0.39, 0.29) is 0 Å². The first-order valence-electron chi connectivity index (χ1n) is 7.47. The van der Waals surface area contributed by atoms with Crippen LogP contribution >= 0.6 is 0 Å². The van der Waals surface area contributed by atoms with Gasteiger partial charge in [0.25, 0.3) is 0 Å². The van der Waals surface area contributed by atoms with Crippen molar-refractivity contribution in [1.29, 1.82) is 0 Å². The first-order valence-corrected chi connectivity index (χ1v) is 9.97. The summed E-state index contributed by atoms with van der Waals surface area (Å²) < 4.78 is 12.3. The Morgan fingerprint density at radius 1 is 0.591 bits per heavy atom. The van der Waals surface area contributed by atoms with Gasteiger partial charge in [0, 0.05) is 5.19 Å². The molecule has 0 aromatic heterocycles. The molecule has 0 radical (unpaired) electrons. The molecule has 0 N–H and O–H groups in total. The SMILES string of the molecule is C[Si]12c3ccccc3Oc3cccc(c31)Oc1ccccc12. The molecular formula is C19H14O2Si. The van der Waals surface area contributed by atoms with Crippen LogP contribution in [-0.2, 0) is 0 Å². The van der Waals surface area contributed by atoms with Crippen molar-refractivity contribution < 1.29 is 9.47 Å². The summed E-state index contributed by atoms with van der Waals surface area (Å²) in [6.07, 6.45) is 0. The molecule has 0 bridgehead atoms. The zero-order chi connectivity index (χ0) is 14.7. The maximum absolute atomic E-state index is 6.16. The van der Waals surface area contributed by atoms with E-state index in [0.717, 1.165) is 23.0 Å². The summed E-state index contributed by atoms with van der Waals surface area (Å²) in [7, 11) is -2.08. The van der Waals surface area contributed by atoms with Gasteiger partial charge in [0.05, 0.1) is 0 Å². The smallest absolute Gasteiger partial charge is 0.164 e. The van der Waals surface area contributed by atoms with E-state index in [0.29, 0.717) is 0 Å². The summed E-state index contributed by atoms with van der Waals surface area (Å²) in [5.41, 5.74) is 0. The normalized spacial score (nSPS) is 15.7. The summed E-state index contributed by atoms with van der Waals surface area (Å²) >= 11 is 0. The summed E-state index contributed by atoms with van der Waals surface area (Å²) in [6, 6.07) is 23.0. The molecule has 2 aliphatic heterocycles. The Morgan fingerprint density at radius 2 is 1.05 bits per heavy atom. The van der Waals surface area contributed by atoms with Crippen LogP contribution in [0.1, 0.15) is 0 Å². The molecule has 106 valence electrons. The number of benzene rings is 3. The highest BCUT2D eigenvalue weighted by molar-refractivity contribution is 7.12. The minimum absolute atomic E-state index is 0.944. The number of para-hydroxylation sites is 2. The second kappa shape index (κ2) is 4.02. The van der Waals surface area contributed by atoms with Gasteiger partial charge in [0.1, 0.15) is 23.0 Å². The predicted octanol–water partition coefficient (Wildman–Crippen LogP) is 3.00. The van der Waals surface area contributed by atoms with Crippen molar-refractivity contribution in [2.45, 2.75) is 6.55 Å². The summed E-state index contributed by atoms with van der Waals surface area (Å²) in [4.78, 5) is 0. The van der Waals surface area contributed by atoms with E-state index in [1.807, 2.05) is 18.2 Å². The van der Waals surface area contributed by atoms with Crippen molar-refractivity contribution in [3.05, 3.63) is 66.7 Å². The number of rotatable bonds is 0. The molecule has 2 aliphatic rings. The zero-order valence-corrected chi connectivity index (χ0v) is 13.2. The second-order valence-corrected chi connectivity index (χ2v) is 9.78. The van der Waals surface area contributed by atoms with Gasteiger partial charge >= 0.3 is 0 Å². The van der Waals surface area contributed by atoms with E-state index in [2.05, 4.69) is 55.1 Å². The van der Waals surface area contributed by atoms with Gasteiger partial charge < -0.3 is 9.47 Å². The van der Waals surface area contributed by atoms with Crippen LogP contribution in [-0.4, -0.2) is 8.07 Å². The molecule has 2 heterocycles. The van der Waals surface area contributed by atoms with Crippen LogP contribution in [0.4, 0.5) is 0 Å². The van der Waals surface area contributed by atoms with Crippen molar-refractivity contribution in [3.8, 4) is 23.0 Å². The van der Waals surface area contributed by atoms with Crippen LogP contribution in [0, 0.1) is 0 Å². The molecule has 3 aromatic rings. The molecule has 0 atom stereocenters. The lowest BCUT2D eigenvalue weighted by molar-refractivity contribution is 0.463. The molecule has 0 spiro atoms. The predicted molar refractivity (Wildman–Crippen MR) is 90.0 cm³/mol. The van der Waals surface area contributed by atoms with E-state index in [4.69, 9.17) is 9.47 Å². The highest BCUT2D eigenvalue weighted by atomic mass is 28.3. The summed E-state index contributed by atoms with van der Waals surface area (Å²) in [6.45, 7) is 2.40. The zero-order valence-electron chi connectivity index (χ0n) is 12.2. The van der Waals surface area contributed by atoms with Crippen molar-refractivity contribution in [2.75, 3.05) is 0 Å². The Hall–Kier alpha value is -2.52. The van der Waals surface area contributed by atoms with Gasteiger partial charge in [-0.05, 0) is 34.6 Å². The molecule has 3 aromatic carbocycles. The lowest BCUT2D eigenvalue weighted by Gasteiger charge is -2.40. The Labute approximate surface area is 130 Å². The number of hydrogen-bond acceptors (Lipinski definition) is 2. The van der Waals surface area contributed by atoms with Crippen molar-refractivity contribution in [3.63, 3.8) is 0 Å². The highest BCUT2D eigenvalue weighted by Crippen LogP contribution is 2.37. The lowest BCUT2D eigenvalue weighted by atomic mass is 10.2. The maximum atomic E-state index is 6.16. The van der Waals surface area contributed by atoms with Crippen LogP contribution in [0.5, 0.6) is 23.0 Å². The average Bonchev–Trinajstić information content (AvgIpc) is 2.55. The minimum atomic E-state index is -2.08. The maximum Gasteiger partial charge on any atom is 0.164 e. The largest absolute Gasteiger partial charge is 0.457 e. The van der Waals surface area contributed by atoms with Gasteiger partial charge in [-0.3, -0.25) is 0 Å². The van der Waals surface area contributed by atoms with E-state index < -0.39 is 8.07 Å². The quantitative estimate of drug-likeness (QED) is 0.594. The lowest BCUT2D eigenvalue weighted by Crippen LogP contribution is -2.68. The Morgan fingerprint density at radius 3 is 1.59 bits per heavy atom. The van der Waals surface area contributed by atoms with Gasteiger partial charge in [-0.1, -0.05) is 49.0 Å². The van der Waals surface area contributed by atoms with Gasteiger partial charge in [0.15, 0.2) is 8.07 Å². The van der Waals surface area contributed by atoms with Crippen LogP contribution in [0.15, 0.2) is 66.7 Å². The molecular weight excluding hydrogens is 288 g/mol. The molecule has 0 amide bonds. The first kappa shape index (κ1) is 12.1. The fourth-order valence-corrected chi connectivity index (χ4v) is 7.96. The molecule has 0 fully saturated rings. The third kappa shape index (κ3) is 1.34. The topological polar surface area (TPSA) is 18.5 Å². The molecule has 3 heteroatoms. The number of fused-ring (bicyclic) bond motifs is 4. The van der Waals surface area contributed by atoms with Gasteiger partial charge in [0.2, 0.25) is 0 Å². The van der Waals surface area contributed by atoms with Gasteiger partial charge in [-0.15, -0.1) is 0 Å². The van der Waals surface area contributed by atoms with Crippen molar-refractivity contribution in [2.24, 2.45) is 0 Å². The fourth-order valence-electron chi connectivity index (χ4n) is 3.76. The molecule has 0 saturated heterocycles. The Balaban J connectivity index is 1.95. The first-order chi connectivity index (χ1) is 10.8. The molecule has 22 heavy (non-hydrogen) atoms. The summed E-state index contributed by atoms with van der Waals surface area (Å²) in [5.74, 6) is 3.86. The summed E-state index contributed by atoms with van der Waals surface area (Å²) in [5, 5.41) is 3.91. The number of ether oxygens (including phenoxy) is 2. The van der Waals surface area contributed by atoms with Crippen LogP contribution < -0.4 is 25.0 Å². The third-order valence-corrected chi connectivity index (χ3v) is 9.25. The van der Waals surface area contributed by atoms with Crippen LogP contribution in [0.2, 0.25) is 6.55 Å². The third-order valence-electron chi connectivity index (χ3n) is 4.78.